The van der Waals surface area contributed by atoms with E-state index < -0.39 is 0 Å². The molecule has 3 aromatic carbocycles. The van der Waals surface area contributed by atoms with Gasteiger partial charge in [-0.3, -0.25) is 0 Å². The Morgan fingerprint density at radius 1 is 0.857 bits per heavy atom. The second kappa shape index (κ2) is 5.30. The lowest BCUT2D eigenvalue weighted by Gasteiger charge is -2.11. The lowest BCUT2D eigenvalue weighted by Crippen LogP contribution is -1.89. The van der Waals surface area contributed by atoms with Crippen molar-refractivity contribution in [2.24, 2.45) is 0 Å². The highest BCUT2D eigenvalue weighted by Crippen LogP contribution is 2.32. The molecular formula is C19H15NO. The van der Waals surface area contributed by atoms with Gasteiger partial charge in [-0.05, 0) is 49.2 Å². The molecule has 0 aliphatic heterocycles. The van der Waals surface area contributed by atoms with E-state index in [-0.39, 0.29) is 0 Å². The summed E-state index contributed by atoms with van der Waals surface area (Å²) >= 11 is 0. The average Bonchev–Trinajstić information content (AvgIpc) is 2.51. The topological polar surface area (TPSA) is 33.0 Å². The first-order chi connectivity index (χ1) is 10.2. The van der Waals surface area contributed by atoms with Crippen LogP contribution in [0.4, 0.5) is 0 Å². The fourth-order valence-corrected chi connectivity index (χ4v) is 2.36. The van der Waals surface area contributed by atoms with Gasteiger partial charge in [-0.2, -0.15) is 5.26 Å². The highest BCUT2D eigenvalue weighted by molar-refractivity contribution is 5.92. The third-order valence-corrected chi connectivity index (χ3v) is 3.71. The van der Waals surface area contributed by atoms with Crippen molar-refractivity contribution in [2.75, 3.05) is 0 Å². The molecule has 3 rings (SSSR count). The predicted molar refractivity (Wildman–Crippen MR) is 84.7 cm³/mol. The molecule has 102 valence electrons. The Morgan fingerprint density at radius 2 is 1.62 bits per heavy atom. The van der Waals surface area contributed by atoms with E-state index in [9.17, 15) is 5.26 Å². The molecule has 2 heteroatoms. The first kappa shape index (κ1) is 13.2. The summed E-state index contributed by atoms with van der Waals surface area (Å²) in [5.41, 5.74) is 3.11. The van der Waals surface area contributed by atoms with E-state index in [1.54, 1.807) is 6.07 Å². The van der Waals surface area contributed by atoms with Crippen LogP contribution in [0.25, 0.3) is 10.8 Å². The van der Waals surface area contributed by atoms with Gasteiger partial charge < -0.3 is 4.74 Å². The molecule has 0 bridgehead atoms. The van der Waals surface area contributed by atoms with Gasteiger partial charge in [-0.1, -0.05) is 30.3 Å². The number of ether oxygens (including phenoxy) is 1. The van der Waals surface area contributed by atoms with E-state index in [1.165, 1.54) is 11.1 Å². The molecule has 0 fully saturated rings. The minimum atomic E-state index is 0.665. The van der Waals surface area contributed by atoms with Crippen molar-refractivity contribution in [3.63, 3.8) is 0 Å². The van der Waals surface area contributed by atoms with Gasteiger partial charge in [-0.15, -0.1) is 0 Å². The Bertz CT molecular complexity index is 859. The van der Waals surface area contributed by atoms with Crippen molar-refractivity contribution in [3.05, 3.63) is 71.3 Å². The number of benzene rings is 3. The third-order valence-electron chi connectivity index (χ3n) is 3.71. The standard InChI is InChI=1S/C19H15NO/c1-13-7-9-16(11-14(13)2)21-19-10-8-15(12-20)17-5-3-4-6-18(17)19/h3-11H,1-2H3. The van der Waals surface area contributed by atoms with Gasteiger partial charge in [0.2, 0.25) is 0 Å². The number of fused-ring (bicyclic) bond motifs is 1. The summed E-state index contributed by atoms with van der Waals surface area (Å²) in [4.78, 5) is 0. The molecule has 0 N–H and O–H groups in total. The number of rotatable bonds is 2. The molecule has 0 unspecified atom stereocenters. The van der Waals surface area contributed by atoms with Crippen molar-refractivity contribution in [3.8, 4) is 17.6 Å². The van der Waals surface area contributed by atoms with Crippen LogP contribution in [-0.2, 0) is 0 Å². The SMILES string of the molecule is Cc1ccc(Oc2ccc(C#N)c3ccccc23)cc1C. The summed E-state index contributed by atoms with van der Waals surface area (Å²) in [7, 11) is 0. The Balaban J connectivity index is 2.09. The fraction of sp³-hybridized carbons (Fsp3) is 0.105. The molecule has 0 aromatic heterocycles. The van der Waals surface area contributed by atoms with E-state index in [2.05, 4.69) is 26.0 Å². The summed E-state index contributed by atoms with van der Waals surface area (Å²) in [6.45, 7) is 4.15. The fourth-order valence-electron chi connectivity index (χ4n) is 2.36. The van der Waals surface area contributed by atoms with Crippen molar-refractivity contribution in [2.45, 2.75) is 13.8 Å². The zero-order chi connectivity index (χ0) is 14.8. The van der Waals surface area contributed by atoms with Gasteiger partial charge >= 0.3 is 0 Å². The van der Waals surface area contributed by atoms with Crippen LogP contribution in [0, 0.1) is 25.2 Å². The normalized spacial score (nSPS) is 10.3. The molecule has 0 spiro atoms. The summed E-state index contributed by atoms with van der Waals surface area (Å²) in [6.07, 6.45) is 0. The first-order valence-corrected chi connectivity index (χ1v) is 6.86. The summed E-state index contributed by atoms with van der Waals surface area (Å²) < 4.78 is 6.02. The molecule has 0 aliphatic carbocycles. The second-order valence-electron chi connectivity index (χ2n) is 5.12. The van der Waals surface area contributed by atoms with Gasteiger partial charge in [0.1, 0.15) is 11.5 Å². The third kappa shape index (κ3) is 2.46. The van der Waals surface area contributed by atoms with E-state index in [0.717, 1.165) is 22.3 Å². The van der Waals surface area contributed by atoms with Crippen molar-refractivity contribution < 1.29 is 4.74 Å². The van der Waals surface area contributed by atoms with Gasteiger partial charge in [0.05, 0.1) is 11.6 Å². The maximum atomic E-state index is 9.19. The number of nitrogens with zero attached hydrogens (tertiary/aromatic N) is 1. The van der Waals surface area contributed by atoms with Crippen LogP contribution >= 0.6 is 0 Å². The number of hydrogen-bond donors (Lipinski definition) is 0. The maximum absolute atomic E-state index is 9.19. The smallest absolute Gasteiger partial charge is 0.135 e. The van der Waals surface area contributed by atoms with Gasteiger partial charge in [0.15, 0.2) is 0 Å². The monoisotopic (exact) mass is 273 g/mol. The average molecular weight is 273 g/mol. The molecule has 0 heterocycles. The predicted octanol–water partition coefficient (Wildman–Crippen LogP) is 5.12. The minimum Gasteiger partial charge on any atom is -0.457 e. The van der Waals surface area contributed by atoms with Gasteiger partial charge in [-0.25, -0.2) is 0 Å². The molecule has 0 aliphatic rings. The Morgan fingerprint density at radius 3 is 2.33 bits per heavy atom. The van der Waals surface area contributed by atoms with Crippen LogP contribution in [0.2, 0.25) is 0 Å². The molecule has 0 radical (unpaired) electrons. The number of aryl methyl sites for hydroxylation is 2. The Hall–Kier alpha value is -2.79. The highest BCUT2D eigenvalue weighted by Gasteiger charge is 2.07. The molecular weight excluding hydrogens is 258 g/mol. The molecule has 0 saturated carbocycles. The van der Waals surface area contributed by atoms with Gasteiger partial charge in [0, 0.05) is 10.8 Å². The number of hydrogen-bond acceptors (Lipinski definition) is 2. The van der Waals surface area contributed by atoms with E-state index in [4.69, 9.17) is 4.74 Å². The van der Waals surface area contributed by atoms with Crippen LogP contribution in [0.3, 0.4) is 0 Å². The number of nitriles is 1. The quantitative estimate of drug-likeness (QED) is 0.649. The Labute approximate surface area is 124 Å². The van der Waals surface area contributed by atoms with E-state index in [0.29, 0.717) is 5.56 Å². The van der Waals surface area contributed by atoms with E-state index in [1.807, 2.05) is 42.5 Å². The van der Waals surface area contributed by atoms with Crippen LogP contribution < -0.4 is 4.74 Å². The minimum absolute atomic E-state index is 0.665. The largest absolute Gasteiger partial charge is 0.457 e. The van der Waals surface area contributed by atoms with E-state index >= 15 is 0 Å². The van der Waals surface area contributed by atoms with Crippen LogP contribution in [0.15, 0.2) is 54.6 Å². The van der Waals surface area contributed by atoms with Crippen molar-refractivity contribution in [1.82, 2.24) is 0 Å². The second-order valence-corrected chi connectivity index (χ2v) is 5.12. The summed E-state index contributed by atoms with van der Waals surface area (Å²) in [5.74, 6) is 1.58. The molecule has 2 nitrogen and oxygen atoms in total. The molecule has 0 amide bonds. The maximum Gasteiger partial charge on any atom is 0.135 e. The van der Waals surface area contributed by atoms with Crippen LogP contribution in [-0.4, -0.2) is 0 Å². The summed E-state index contributed by atoms with van der Waals surface area (Å²) in [5, 5.41) is 11.1. The molecule has 0 saturated heterocycles. The lowest BCUT2D eigenvalue weighted by molar-refractivity contribution is 0.488. The van der Waals surface area contributed by atoms with Crippen molar-refractivity contribution >= 4 is 10.8 Å². The molecule has 3 aromatic rings. The van der Waals surface area contributed by atoms with Gasteiger partial charge in [0.25, 0.3) is 0 Å². The molecule has 0 atom stereocenters. The lowest BCUT2D eigenvalue weighted by atomic mass is 10.0. The zero-order valence-corrected chi connectivity index (χ0v) is 12.1. The first-order valence-electron chi connectivity index (χ1n) is 6.86. The summed E-state index contributed by atoms with van der Waals surface area (Å²) in [6, 6.07) is 19.7. The molecule has 21 heavy (non-hydrogen) atoms. The van der Waals surface area contributed by atoms with Crippen molar-refractivity contribution in [1.29, 1.82) is 5.26 Å². The van der Waals surface area contributed by atoms with Crippen LogP contribution in [0.1, 0.15) is 16.7 Å². The highest BCUT2D eigenvalue weighted by atomic mass is 16.5. The van der Waals surface area contributed by atoms with Crippen LogP contribution in [0.5, 0.6) is 11.5 Å². The zero-order valence-electron chi connectivity index (χ0n) is 12.1. The Kier molecular flexibility index (Phi) is 3.33.